The third kappa shape index (κ3) is 2.70. The van der Waals surface area contributed by atoms with Crippen LogP contribution in [0.1, 0.15) is 64.7 Å². The second kappa shape index (κ2) is 6.15. The lowest BCUT2D eigenvalue weighted by Gasteiger charge is -2.23. The van der Waals surface area contributed by atoms with Crippen molar-refractivity contribution in [2.75, 3.05) is 0 Å². The first-order chi connectivity index (χ1) is 11.4. The lowest BCUT2D eigenvalue weighted by molar-refractivity contribution is 0.0695. The van der Waals surface area contributed by atoms with E-state index in [2.05, 4.69) is 4.98 Å². The molecule has 1 aromatic heterocycles. The standard InChI is InChI=1S/C19H18FNO3/c1-10(2)18-17(19(23)24)15(11-6-8-12(20)9-7-11)16-13(21-18)4-3-5-14(16)22/h6-10H,3-5H2,1-2H3,(H,23,24). The monoisotopic (exact) mass is 327 g/mol. The minimum absolute atomic E-state index is 0.0469. The molecule has 5 heteroatoms. The highest BCUT2D eigenvalue weighted by Gasteiger charge is 2.31. The summed E-state index contributed by atoms with van der Waals surface area (Å²) in [6, 6.07) is 5.58. The van der Waals surface area contributed by atoms with Gasteiger partial charge in [-0.15, -0.1) is 0 Å². The van der Waals surface area contributed by atoms with Gasteiger partial charge in [0.1, 0.15) is 5.82 Å². The Morgan fingerprint density at radius 3 is 2.42 bits per heavy atom. The Balaban J connectivity index is 2.42. The maximum absolute atomic E-state index is 13.3. The molecule has 3 rings (SSSR count). The number of fused-ring (bicyclic) bond motifs is 1. The number of ketones is 1. The number of aromatic nitrogens is 1. The molecule has 0 amide bonds. The first kappa shape index (κ1) is 16.3. The third-order valence-electron chi connectivity index (χ3n) is 4.29. The highest BCUT2D eigenvalue weighted by Crippen LogP contribution is 2.37. The summed E-state index contributed by atoms with van der Waals surface area (Å²) in [5, 5.41) is 9.77. The van der Waals surface area contributed by atoms with E-state index >= 15 is 0 Å². The van der Waals surface area contributed by atoms with Gasteiger partial charge in [-0.2, -0.15) is 0 Å². The molecular formula is C19H18FNO3. The molecule has 1 aromatic carbocycles. The molecule has 0 unspecified atom stereocenters. The van der Waals surface area contributed by atoms with Crippen molar-refractivity contribution in [3.05, 3.63) is 52.6 Å². The Morgan fingerprint density at radius 1 is 1.17 bits per heavy atom. The predicted molar refractivity (Wildman–Crippen MR) is 87.9 cm³/mol. The molecule has 24 heavy (non-hydrogen) atoms. The van der Waals surface area contributed by atoms with Crippen LogP contribution in [-0.4, -0.2) is 21.8 Å². The minimum Gasteiger partial charge on any atom is -0.478 e. The van der Waals surface area contributed by atoms with E-state index in [0.717, 1.165) is 0 Å². The van der Waals surface area contributed by atoms with E-state index in [4.69, 9.17) is 0 Å². The number of aryl methyl sites for hydroxylation is 1. The van der Waals surface area contributed by atoms with Crippen LogP contribution in [-0.2, 0) is 6.42 Å². The Labute approximate surface area is 139 Å². The van der Waals surface area contributed by atoms with E-state index < -0.39 is 11.8 Å². The van der Waals surface area contributed by atoms with Gasteiger partial charge in [0.25, 0.3) is 0 Å². The van der Waals surface area contributed by atoms with Crippen LogP contribution >= 0.6 is 0 Å². The van der Waals surface area contributed by atoms with E-state index in [0.29, 0.717) is 47.3 Å². The number of benzene rings is 1. The van der Waals surface area contributed by atoms with Crippen LogP contribution in [0.3, 0.4) is 0 Å². The summed E-state index contributed by atoms with van der Waals surface area (Å²) in [4.78, 5) is 29.0. The topological polar surface area (TPSA) is 67.3 Å². The number of rotatable bonds is 3. The van der Waals surface area contributed by atoms with E-state index in [1.54, 1.807) is 0 Å². The number of aromatic carboxylic acids is 1. The Morgan fingerprint density at radius 2 is 1.83 bits per heavy atom. The zero-order valence-corrected chi connectivity index (χ0v) is 13.6. The van der Waals surface area contributed by atoms with Crippen molar-refractivity contribution < 1.29 is 19.1 Å². The maximum atomic E-state index is 13.3. The predicted octanol–water partition coefficient (Wildman–Crippen LogP) is 4.23. The average Bonchev–Trinajstić information content (AvgIpc) is 2.54. The van der Waals surface area contributed by atoms with Crippen LogP contribution in [0.15, 0.2) is 24.3 Å². The summed E-state index contributed by atoms with van der Waals surface area (Å²) in [6.45, 7) is 3.75. The molecule has 0 spiro atoms. The zero-order chi connectivity index (χ0) is 17.4. The smallest absolute Gasteiger partial charge is 0.338 e. The number of hydrogen-bond acceptors (Lipinski definition) is 3. The van der Waals surface area contributed by atoms with E-state index in [9.17, 15) is 19.1 Å². The van der Waals surface area contributed by atoms with Gasteiger partial charge in [0.15, 0.2) is 5.78 Å². The number of Topliss-reactive ketones (excluding diaryl/α,β-unsaturated/α-hetero) is 1. The fourth-order valence-corrected chi connectivity index (χ4v) is 3.22. The van der Waals surface area contributed by atoms with Crippen molar-refractivity contribution in [1.29, 1.82) is 0 Å². The number of carboxylic acids is 1. The summed E-state index contributed by atoms with van der Waals surface area (Å²) in [5.74, 6) is -1.72. The number of hydrogen-bond donors (Lipinski definition) is 1. The van der Waals surface area contributed by atoms with Gasteiger partial charge in [-0.05, 0) is 36.5 Å². The fourth-order valence-electron chi connectivity index (χ4n) is 3.22. The van der Waals surface area contributed by atoms with Gasteiger partial charge in [0, 0.05) is 17.5 Å². The van der Waals surface area contributed by atoms with Crippen molar-refractivity contribution in [1.82, 2.24) is 4.98 Å². The highest BCUT2D eigenvalue weighted by atomic mass is 19.1. The molecule has 0 atom stereocenters. The summed E-state index contributed by atoms with van der Waals surface area (Å²) in [6.07, 6.45) is 1.74. The summed E-state index contributed by atoms with van der Waals surface area (Å²) in [7, 11) is 0. The number of carbonyl (C=O) groups is 2. The lowest BCUT2D eigenvalue weighted by Crippen LogP contribution is -2.20. The van der Waals surface area contributed by atoms with E-state index in [1.165, 1.54) is 24.3 Å². The Bertz CT molecular complexity index is 825. The van der Waals surface area contributed by atoms with Crippen molar-refractivity contribution in [3.63, 3.8) is 0 Å². The fraction of sp³-hybridized carbons (Fsp3) is 0.316. The lowest BCUT2D eigenvalue weighted by atomic mass is 9.83. The molecule has 4 nitrogen and oxygen atoms in total. The van der Waals surface area contributed by atoms with E-state index in [1.807, 2.05) is 13.8 Å². The molecule has 0 saturated heterocycles. The van der Waals surface area contributed by atoms with Crippen LogP contribution in [0.4, 0.5) is 4.39 Å². The van der Waals surface area contributed by atoms with Crippen LogP contribution in [0.25, 0.3) is 11.1 Å². The normalized spacial score (nSPS) is 13.9. The Kier molecular flexibility index (Phi) is 4.18. The van der Waals surface area contributed by atoms with Crippen LogP contribution < -0.4 is 0 Å². The van der Waals surface area contributed by atoms with Crippen LogP contribution in [0.5, 0.6) is 0 Å². The van der Waals surface area contributed by atoms with Crippen molar-refractivity contribution >= 4 is 11.8 Å². The van der Waals surface area contributed by atoms with Crippen molar-refractivity contribution in [2.45, 2.75) is 39.0 Å². The summed E-state index contributed by atoms with van der Waals surface area (Å²) >= 11 is 0. The van der Waals surface area contributed by atoms with Gasteiger partial charge >= 0.3 is 5.97 Å². The van der Waals surface area contributed by atoms with Gasteiger partial charge in [-0.3, -0.25) is 9.78 Å². The second-order valence-corrected chi connectivity index (χ2v) is 6.31. The molecule has 1 heterocycles. The maximum Gasteiger partial charge on any atom is 0.338 e. The summed E-state index contributed by atoms with van der Waals surface area (Å²) < 4.78 is 13.3. The number of carbonyl (C=O) groups excluding carboxylic acids is 1. The van der Waals surface area contributed by atoms with Gasteiger partial charge in [0.2, 0.25) is 0 Å². The third-order valence-corrected chi connectivity index (χ3v) is 4.29. The average molecular weight is 327 g/mol. The minimum atomic E-state index is -1.12. The van der Waals surface area contributed by atoms with Crippen LogP contribution in [0.2, 0.25) is 0 Å². The molecule has 1 N–H and O–H groups in total. The highest BCUT2D eigenvalue weighted by molar-refractivity contribution is 6.09. The number of carboxylic acid groups (broad SMARTS) is 1. The number of nitrogens with zero attached hydrogens (tertiary/aromatic N) is 1. The van der Waals surface area contributed by atoms with Gasteiger partial charge in [-0.25, -0.2) is 9.18 Å². The number of halogens is 1. The SMILES string of the molecule is CC(C)c1nc2c(c(-c3ccc(F)cc3)c1C(=O)O)C(=O)CCC2. The first-order valence-corrected chi connectivity index (χ1v) is 7.99. The molecule has 0 radical (unpaired) electrons. The second-order valence-electron chi connectivity index (χ2n) is 6.31. The first-order valence-electron chi connectivity index (χ1n) is 7.99. The summed E-state index contributed by atoms with van der Waals surface area (Å²) in [5.41, 5.74) is 2.46. The van der Waals surface area contributed by atoms with Gasteiger partial charge < -0.3 is 5.11 Å². The molecule has 2 aromatic rings. The zero-order valence-electron chi connectivity index (χ0n) is 13.6. The quantitative estimate of drug-likeness (QED) is 0.916. The molecule has 0 saturated carbocycles. The van der Waals surface area contributed by atoms with E-state index in [-0.39, 0.29) is 17.3 Å². The molecule has 1 aliphatic carbocycles. The molecule has 124 valence electrons. The molecular weight excluding hydrogens is 309 g/mol. The molecule has 0 bridgehead atoms. The van der Waals surface area contributed by atoms with Crippen molar-refractivity contribution in [2.24, 2.45) is 0 Å². The number of pyridine rings is 1. The molecule has 1 aliphatic rings. The molecule has 0 aliphatic heterocycles. The Hall–Kier alpha value is -2.56. The van der Waals surface area contributed by atoms with Gasteiger partial charge in [0.05, 0.1) is 17.0 Å². The van der Waals surface area contributed by atoms with Gasteiger partial charge in [-0.1, -0.05) is 26.0 Å². The van der Waals surface area contributed by atoms with Crippen molar-refractivity contribution in [3.8, 4) is 11.1 Å². The largest absolute Gasteiger partial charge is 0.478 e. The van der Waals surface area contributed by atoms with Crippen LogP contribution in [0, 0.1) is 5.82 Å². The molecule has 0 fully saturated rings.